The number of aromatic nitrogens is 4. The van der Waals surface area contributed by atoms with Crippen molar-refractivity contribution in [2.45, 2.75) is 146 Å². The fraction of sp³-hybridized carbons (Fsp3) is 0.593. The second-order valence-electron chi connectivity index (χ2n) is 22.9. The number of halogens is 2. The Bertz CT molecular complexity index is 2730. The molecule has 1 aromatic carbocycles. The van der Waals surface area contributed by atoms with Crippen LogP contribution in [-0.4, -0.2) is 141 Å². The lowest BCUT2D eigenvalue weighted by Crippen LogP contribution is -2.59. The highest BCUT2D eigenvalue weighted by Gasteiger charge is 2.53. The summed E-state index contributed by atoms with van der Waals surface area (Å²) in [6, 6.07) is 5.62. The monoisotopic (exact) mass is 1090 g/mol. The zero-order chi connectivity index (χ0) is 53.5. The minimum atomic E-state index is -1.98. The summed E-state index contributed by atoms with van der Waals surface area (Å²) in [6.45, 7) is 16.3. The number of β-amino-alcohol motifs (C(OH)–C–C–N with tert-alkyl or cyclic N) is 1. The van der Waals surface area contributed by atoms with Crippen LogP contribution in [0.2, 0.25) is 5.02 Å². The van der Waals surface area contributed by atoms with Crippen LogP contribution in [0.3, 0.4) is 0 Å². The molecule has 5 N–H and O–H groups in total. The van der Waals surface area contributed by atoms with Crippen molar-refractivity contribution in [3.63, 3.8) is 0 Å². The van der Waals surface area contributed by atoms with Gasteiger partial charge in [-0.15, -0.1) is 11.3 Å². The molecule has 4 aliphatic heterocycles. The number of hydrogen-bond acceptors (Lipinski definition) is 15. The molecule has 3 aromatic heterocycles. The molecule has 1 saturated carbocycles. The molecule has 0 spiro atoms. The molecule has 17 nitrogen and oxygen atoms in total. The van der Waals surface area contributed by atoms with Crippen LogP contribution in [-0.2, 0) is 25.7 Å². The van der Waals surface area contributed by atoms with Gasteiger partial charge in [0, 0.05) is 93.7 Å². The molecule has 4 amide bonds. The van der Waals surface area contributed by atoms with Crippen molar-refractivity contribution < 1.29 is 33.4 Å². The van der Waals surface area contributed by atoms with Gasteiger partial charge in [0.1, 0.15) is 40.6 Å². The van der Waals surface area contributed by atoms with Crippen molar-refractivity contribution in [1.29, 1.82) is 0 Å². The molecule has 9 rings (SSSR count). The van der Waals surface area contributed by atoms with E-state index in [-0.39, 0.29) is 49.8 Å². The number of anilines is 2. The molecule has 3 atom stereocenters. The summed E-state index contributed by atoms with van der Waals surface area (Å²) < 4.78 is 21.5. The Morgan fingerprint density at radius 1 is 0.960 bits per heavy atom. The number of aryl methyl sites for hydroxylation is 1. The van der Waals surface area contributed by atoms with Crippen molar-refractivity contribution >= 4 is 70.0 Å². The Morgan fingerprint density at radius 2 is 1.67 bits per heavy atom. The number of aliphatic hydroxyl groups excluding tert-OH is 1. The standard InChI is InChI=1S/C54H71ClFN11O6S2/c1-33-44(74-32-62-33)34-7-8-35(27-61-47(69)38-26-36(68)30-67(38)48(70)45(51(2,3)4)63-49(71)54(56)12-13-54)39(25-34)73-37-10-19-66(20-11-37)50(72)53(6)16-23-65(24-17-53)46-43(55)40(9-18-58-46)75-42-29-59-41(28-60-42)64-21-14-52(5,31-57)15-22-64/h7-9,18,25,28-29,32,36-38,45,68H,10-17,19-24,26-27,30-31,57H2,1-6H3,(H,61,69)(H,63,71)/t36-,38+,45-/m1/s1. The smallest absolute Gasteiger partial charge is 0.258 e. The number of nitrogens with two attached hydrogens (primary N) is 1. The van der Waals surface area contributed by atoms with Crippen LogP contribution in [0, 0.1) is 23.2 Å². The molecule has 0 bridgehead atoms. The number of thiazole rings is 1. The maximum Gasteiger partial charge on any atom is 0.258 e. The molecule has 0 radical (unpaired) electrons. The minimum absolute atomic E-state index is 0.0120. The maximum absolute atomic E-state index is 14.7. The van der Waals surface area contributed by atoms with Gasteiger partial charge in [-0.25, -0.2) is 24.3 Å². The van der Waals surface area contributed by atoms with Crippen LogP contribution in [0.5, 0.6) is 5.75 Å². The summed E-state index contributed by atoms with van der Waals surface area (Å²) in [5.41, 5.74) is 7.16. The third-order valence-electron chi connectivity index (χ3n) is 16.0. The first-order valence-electron chi connectivity index (χ1n) is 26.3. The van der Waals surface area contributed by atoms with Gasteiger partial charge in [-0.05, 0) is 80.5 Å². The molecule has 75 heavy (non-hydrogen) atoms. The first kappa shape index (κ1) is 54.6. The molecule has 21 heteroatoms. The van der Waals surface area contributed by atoms with Gasteiger partial charge < -0.3 is 45.8 Å². The maximum atomic E-state index is 14.7. The van der Waals surface area contributed by atoms with Crippen LogP contribution < -0.4 is 30.9 Å². The van der Waals surface area contributed by atoms with Crippen molar-refractivity contribution in [3.05, 3.63) is 64.6 Å². The number of likely N-dealkylation sites (tertiary alicyclic amines) is 2. The van der Waals surface area contributed by atoms with Gasteiger partial charge in [-0.2, -0.15) is 0 Å². The third-order valence-corrected chi connectivity index (χ3v) is 18.5. The molecule has 4 saturated heterocycles. The predicted molar refractivity (Wildman–Crippen MR) is 289 cm³/mol. The summed E-state index contributed by atoms with van der Waals surface area (Å²) in [5, 5.41) is 17.6. The minimum Gasteiger partial charge on any atom is -0.490 e. The number of alkyl halides is 1. The summed E-state index contributed by atoms with van der Waals surface area (Å²) in [6.07, 6.45) is 8.99. The topological polar surface area (TPSA) is 212 Å². The van der Waals surface area contributed by atoms with Crippen LogP contribution >= 0.6 is 34.7 Å². The van der Waals surface area contributed by atoms with E-state index >= 15 is 0 Å². The number of carbonyl (C=O) groups excluding carboxylic acids is 4. The summed E-state index contributed by atoms with van der Waals surface area (Å²) in [4.78, 5) is 83.3. The van der Waals surface area contributed by atoms with Gasteiger partial charge >= 0.3 is 0 Å². The Balaban J connectivity index is 0.798. The predicted octanol–water partition coefficient (Wildman–Crippen LogP) is 6.96. The van der Waals surface area contributed by atoms with E-state index in [1.165, 1.54) is 28.0 Å². The summed E-state index contributed by atoms with van der Waals surface area (Å²) in [5.74, 6) is 0.420. The molecular formula is C54H71ClFN11O6S2. The molecule has 4 aromatic rings. The quantitative estimate of drug-likeness (QED) is 0.0949. The number of nitrogens with one attached hydrogen (secondary N) is 2. The van der Waals surface area contributed by atoms with E-state index in [4.69, 9.17) is 32.0 Å². The highest BCUT2D eigenvalue weighted by atomic mass is 35.5. The first-order valence-corrected chi connectivity index (χ1v) is 28.3. The Morgan fingerprint density at radius 3 is 2.29 bits per heavy atom. The number of hydrogen-bond donors (Lipinski definition) is 4. The van der Waals surface area contributed by atoms with Crippen molar-refractivity contribution in [1.82, 2.24) is 40.4 Å². The van der Waals surface area contributed by atoms with Gasteiger partial charge in [-0.3, -0.25) is 19.2 Å². The normalized spacial score (nSPS) is 21.9. The number of aliphatic hydroxyl groups is 1. The molecule has 5 fully saturated rings. The molecule has 404 valence electrons. The summed E-state index contributed by atoms with van der Waals surface area (Å²) >= 11 is 10.0. The SMILES string of the molecule is Cc1ncsc1-c1ccc(CNC(=O)[C@@H]2C[C@@H](O)CN2C(=O)[C@@H](NC(=O)C2(F)CC2)C(C)(C)C)c(OC2CCN(C(=O)C3(C)CCN(c4nccc(Sc5cnc(N6CCC(C)(CN)CC6)cn5)c4Cl)CC3)CC2)c1. The fourth-order valence-corrected chi connectivity index (χ4v) is 12.4. The van der Waals surface area contributed by atoms with Crippen molar-refractivity contribution in [2.75, 3.05) is 62.2 Å². The van der Waals surface area contributed by atoms with Crippen LogP contribution in [0.1, 0.15) is 104 Å². The highest BCUT2D eigenvalue weighted by Crippen LogP contribution is 2.43. The highest BCUT2D eigenvalue weighted by molar-refractivity contribution is 7.99. The zero-order valence-corrected chi connectivity index (χ0v) is 46.3. The van der Waals surface area contributed by atoms with Crippen LogP contribution in [0.25, 0.3) is 10.4 Å². The van der Waals surface area contributed by atoms with Crippen LogP contribution in [0.4, 0.5) is 16.0 Å². The van der Waals surface area contributed by atoms with E-state index in [1.54, 1.807) is 38.7 Å². The number of benzene rings is 1. The largest absolute Gasteiger partial charge is 0.490 e. The lowest BCUT2D eigenvalue weighted by Gasteiger charge is -2.43. The lowest BCUT2D eigenvalue weighted by molar-refractivity contribution is -0.145. The second-order valence-corrected chi connectivity index (χ2v) is 25.2. The molecule has 5 aliphatic rings. The van der Waals surface area contributed by atoms with E-state index in [0.717, 1.165) is 57.8 Å². The van der Waals surface area contributed by atoms with Gasteiger partial charge in [-0.1, -0.05) is 70.1 Å². The van der Waals surface area contributed by atoms with Crippen LogP contribution in [0.15, 0.2) is 58.3 Å². The molecule has 0 unspecified atom stereocenters. The Kier molecular flexibility index (Phi) is 16.1. The number of rotatable bonds is 15. The van der Waals surface area contributed by atoms with E-state index in [2.05, 4.69) is 44.2 Å². The average Bonchev–Trinajstić information content (AvgIpc) is 3.81. The number of pyridine rings is 1. The van der Waals surface area contributed by atoms with E-state index in [9.17, 15) is 28.7 Å². The van der Waals surface area contributed by atoms with Gasteiger partial charge in [0.15, 0.2) is 5.67 Å². The molecule has 1 aliphatic carbocycles. The van der Waals surface area contributed by atoms with Crippen molar-refractivity contribution in [2.24, 2.45) is 22.0 Å². The number of ether oxygens (including phenoxy) is 1. The first-order chi connectivity index (χ1) is 35.7. The third kappa shape index (κ3) is 12.2. The average molecular weight is 1090 g/mol. The second kappa shape index (κ2) is 22.1. The number of amides is 4. The Hall–Kier alpha value is -5.15. The zero-order valence-electron chi connectivity index (χ0n) is 43.9. The number of nitrogens with zero attached hydrogens (tertiary/aromatic N) is 8. The number of carbonyl (C=O) groups is 4. The van der Waals surface area contributed by atoms with Crippen molar-refractivity contribution in [3.8, 4) is 16.2 Å². The molecule has 7 heterocycles. The lowest BCUT2D eigenvalue weighted by atomic mass is 9.78. The van der Waals surface area contributed by atoms with Gasteiger partial charge in [0.2, 0.25) is 17.7 Å². The molecular weight excluding hydrogens is 1020 g/mol. The van der Waals surface area contributed by atoms with Gasteiger partial charge in [0.25, 0.3) is 5.91 Å². The van der Waals surface area contributed by atoms with Gasteiger partial charge in [0.05, 0.1) is 39.6 Å². The van der Waals surface area contributed by atoms with E-state index in [0.29, 0.717) is 80.6 Å². The summed E-state index contributed by atoms with van der Waals surface area (Å²) in [7, 11) is 0. The van der Waals surface area contributed by atoms with E-state index in [1.807, 2.05) is 42.3 Å². The fourth-order valence-electron chi connectivity index (χ4n) is 10.5. The number of piperidine rings is 3. The Labute approximate surface area is 452 Å². The van der Waals surface area contributed by atoms with E-state index < -0.39 is 52.4 Å².